The summed E-state index contributed by atoms with van der Waals surface area (Å²) >= 11 is 1.64. The average Bonchev–Trinajstić information content (AvgIpc) is 2.61. The highest BCUT2D eigenvalue weighted by molar-refractivity contribution is 7.98. The van der Waals surface area contributed by atoms with Crippen molar-refractivity contribution in [3.8, 4) is 5.75 Å². The van der Waals surface area contributed by atoms with Gasteiger partial charge in [-0.25, -0.2) is 9.37 Å². The Labute approximate surface area is 138 Å². The van der Waals surface area contributed by atoms with Crippen LogP contribution in [0, 0.1) is 5.82 Å². The number of aromatic nitrogens is 2. The van der Waals surface area contributed by atoms with Crippen LogP contribution in [0.15, 0.2) is 72.1 Å². The van der Waals surface area contributed by atoms with Gasteiger partial charge in [0, 0.05) is 18.1 Å². The maximum atomic E-state index is 12.8. The first-order chi connectivity index (χ1) is 11.3. The first-order valence-electron chi connectivity index (χ1n) is 7.14. The quantitative estimate of drug-likeness (QED) is 0.625. The molecule has 23 heavy (non-hydrogen) atoms. The molecule has 1 aromatic heterocycles. The summed E-state index contributed by atoms with van der Waals surface area (Å²) in [6.45, 7) is 0.425. The van der Waals surface area contributed by atoms with Crippen molar-refractivity contribution in [2.75, 3.05) is 0 Å². The third-order valence-corrected chi connectivity index (χ3v) is 4.15. The summed E-state index contributed by atoms with van der Waals surface area (Å²) in [5, 5.41) is 0.907. The van der Waals surface area contributed by atoms with Gasteiger partial charge in [0.25, 0.3) is 0 Å². The molecule has 0 aliphatic rings. The molecular formula is C18H15FN2OS. The molecule has 0 spiro atoms. The van der Waals surface area contributed by atoms with E-state index in [1.807, 2.05) is 24.3 Å². The molecule has 116 valence electrons. The Morgan fingerprint density at radius 3 is 2.35 bits per heavy atom. The maximum absolute atomic E-state index is 12.8. The Bertz CT molecular complexity index is 733. The van der Waals surface area contributed by atoms with Crippen molar-refractivity contribution >= 4 is 11.8 Å². The summed E-state index contributed by atoms with van der Waals surface area (Å²) in [6, 6.07) is 14.3. The van der Waals surface area contributed by atoms with Crippen molar-refractivity contribution in [3.05, 3.63) is 84.1 Å². The van der Waals surface area contributed by atoms with E-state index in [4.69, 9.17) is 4.74 Å². The Morgan fingerprint density at radius 2 is 1.65 bits per heavy atom. The molecule has 3 rings (SSSR count). The summed E-state index contributed by atoms with van der Waals surface area (Å²) in [5.41, 5.74) is 2.13. The number of hydrogen-bond donors (Lipinski definition) is 0. The van der Waals surface area contributed by atoms with Gasteiger partial charge in [-0.3, -0.25) is 4.98 Å². The zero-order valence-corrected chi connectivity index (χ0v) is 13.2. The lowest BCUT2D eigenvalue weighted by molar-refractivity contribution is 0.306. The highest BCUT2D eigenvalue weighted by Crippen LogP contribution is 2.21. The van der Waals surface area contributed by atoms with Crippen molar-refractivity contribution < 1.29 is 9.13 Å². The van der Waals surface area contributed by atoms with Crippen LogP contribution >= 0.6 is 11.8 Å². The van der Waals surface area contributed by atoms with Gasteiger partial charge in [-0.2, -0.15) is 0 Å². The van der Waals surface area contributed by atoms with Gasteiger partial charge >= 0.3 is 0 Å². The zero-order chi connectivity index (χ0) is 15.9. The first-order valence-corrected chi connectivity index (χ1v) is 8.13. The molecule has 0 amide bonds. The van der Waals surface area contributed by atoms with Crippen molar-refractivity contribution in [3.63, 3.8) is 0 Å². The van der Waals surface area contributed by atoms with E-state index in [0.29, 0.717) is 6.61 Å². The second-order valence-electron chi connectivity index (χ2n) is 4.89. The van der Waals surface area contributed by atoms with Gasteiger partial charge in [0.1, 0.15) is 23.2 Å². The number of halogens is 1. The van der Waals surface area contributed by atoms with Crippen LogP contribution in [-0.2, 0) is 12.4 Å². The van der Waals surface area contributed by atoms with E-state index in [-0.39, 0.29) is 5.82 Å². The van der Waals surface area contributed by atoms with E-state index in [9.17, 15) is 4.39 Å². The number of benzene rings is 2. The fourth-order valence-corrected chi connectivity index (χ4v) is 2.72. The minimum atomic E-state index is -0.237. The average molecular weight is 326 g/mol. The minimum Gasteiger partial charge on any atom is -0.489 e. The molecule has 2 aromatic carbocycles. The summed E-state index contributed by atoms with van der Waals surface area (Å²) in [7, 11) is 0. The fraction of sp³-hybridized carbons (Fsp3) is 0.111. The van der Waals surface area contributed by atoms with Crippen LogP contribution in [0.3, 0.4) is 0 Å². The molecule has 0 radical (unpaired) electrons. The number of rotatable bonds is 6. The fourth-order valence-electron chi connectivity index (χ4n) is 1.95. The number of hydrogen-bond acceptors (Lipinski definition) is 4. The molecule has 1 heterocycles. The largest absolute Gasteiger partial charge is 0.489 e. The van der Waals surface area contributed by atoms with Crippen molar-refractivity contribution in [2.24, 2.45) is 0 Å². The van der Waals surface area contributed by atoms with E-state index >= 15 is 0 Å². The van der Waals surface area contributed by atoms with Gasteiger partial charge < -0.3 is 4.74 Å². The summed E-state index contributed by atoms with van der Waals surface area (Å²) < 4.78 is 18.5. The van der Waals surface area contributed by atoms with Crippen LogP contribution in [-0.4, -0.2) is 9.97 Å². The van der Waals surface area contributed by atoms with Crippen LogP contribution in [0.4, 0.5) is 4.39 Å². The molecular weight excluding hydrogens is 311 g/mol. The van der Waals surface area contributed by atoms with Crippen molar-refractivity contribution in [1.82, 2.24) is 9.97 Å². The third-order valence-electron chi connectivity index (χ3n) is 3.17. The molecule has 0 atom stereocenters. The molecule has 0 aliphatic heterocycles. The van der Waals surface area contributed by atoms with Gasteiger partial charge in [0.15, 0.2) is 0 Å². The lowest BCUT2D eigenvalue weighted by Gasteiger charge is -2.07. The highest BCUT2D eigenvalue weighted by Gasteiger charge is 2.00. The molecule has 0 N–H and O–H groups in total. The SMILES string of the molecule is Fc1ccc(COc2ccc(CSc3cnccn3)cc2)cc1. The molecule has 0 fully saturated rings. The van der Waals surface area contributed by atoms with E-state index in [1.54, 1.807) is 42.5 Å². The molecule has 0 saturated carbocycles. The standard InChI is InChI=1S/C18H15FN2OS/c19-16-5-1-14(2-6-16)12-22-17-7-3-15(4-8-17)13-23-18-11-20-9-10-21-18/h1-11H,12-13H2. The van der Waals surface area contributed by atoms with Gasteiger partial charge in [-0.15, -0.1) is 11.8 Å². The second kappa shape index (κ2) is 7.74. The van der Waals surface area contributed by atoms with E-state index < -0.39 is 0 Å². The highest BCUT2D eigenvalue weighted by atomic mass is 32.2. The Kier molecular flexibility index (Phi) is 5.21. The summed E-state index contributed by atoms with van der Waals surface area (Å²) in [5.74, 6) is 1.39. The maximum Gasteiger partial charge on any atom is 0.123 e. The van der Waals surface area contributed by atoms with E-state index in [0.717, 1.165) is 22.1 Å². The van der Waals surface area contributed by atoms with Crippen LogP contribution < -0.4 is 4.74 Å². The lowest BCUT2D eigenvalue weighted by Crippen LogP contribution is -1.95. The summed E-state index contributed by atoms with van der Waals surface area (Å²) in [4.78, 5) is 8.27. The van der Waals surface area contributed by atoms with Gasteiger partial charge in [0.05, 0.1) is 6.20 Å². The van der Waals surface area contributed by atoms with Crippen LogP contribution in [0.5, 0.6) is 5.75 Å². The molecule has 3 nitrogen and oxygen atoms in total. The van der Waals surface area contributed by atoms with Crippen LogP contribution in [0.25, 0.3) is 0 Å². The number of thioether (sulfide) groups is 1. The van der Waals surface area contributed by atoms with Crippen molar-refractivity contribution in [1.29, 1.82) is 0 Å². The number of ether oxygens (including phenoxy) is 1. The Balaban J connectivity index is 1.51. The van der Waals surface area contributed by atoms with Crippen molar-refractivity contribution in [2.45, 2.75) is 17.4 Å². The third kappa shape index (κ3) is 4.79. The molecule has 0 unspecified atom stereocenters. The Hall–Kier alpha value is -2.40. The van der Waals surface area contributed by atoms with Gasteiger partial charge in [0.2, 0.25) is 0 Å². The second-order valence-corrected chi connectivity index (χ2v) is 5.89. The zero-order valence-electron chi connectivity index (χ0n) is 12.4. The number of nitrogens with zero attached hydrogens (tertiary/aromatic N) is 2. The molecule has 0 aliphatic carbocycles. The topological polar surface area (TPSA) is 35.0 Å². The first kappa shape index (κ1) is 15.5. The molecule has 5 heteroatoms. The smallest absolute Gasteiger partial charge is 0.123 e. The molecule has 3 aromatic rings. The predicted octanol–water partition coefficient (Wildman–Crippen LogP) is 4.49. The molecule has 0 bridgehead atoms. The van der Waals surface area contributed by atoms with Gasteiger partial charge in [-0.1, -0.05) is 24.3 Å². The predicted molar refractivity (Wildman–Crippen MR) is 88.8 cm³/mol. The molecule has 0 saturated heterocycles. The van der Waals surface area contributed by atoms with Crippen LogP contribution in [0.1, 0.15) is 11.1 Å². The Morgan fingerprint density at radius 1 is 0.913 bits per heavy atom. The summed E-state index contributed by atoms with van der Waals surface area (Å²) in [6.07, 6.45) is 5.11. The normalized spacial score (nSPS) is 10.5. The van der Waals surface area contributed by atoms with E-state index in [2.05, 4.69) is 9.97 Å². The van der Waals surface area contributed by atoms with Gasteiger partial charge in [-0.05, 0) is 35.4 Å². The lowest BCUT2D eigenvalue weighted by atomic mass is 10.2. The van der Waals surface area contributed by atoms with E-state index in [1.165, 1.54) is 17.7 Å². The minimum absolute atomic E-state index is 0.237. The monoisotopic (exact) mass is 326 g/mol. The van der Waals surface area contributed by atoms with Crippen LogP contribution in [0.2, 0.25) is 0 Å².